The Labute approximate surface area is 78.3 Å². The molecule has 0 saturated carbocycles. The molecule has 0 aliphatic rings. The Bertz CT molecular complexity index is 309. The van der Waals surface area contributed by atoms with Crippen LogP contribution in [0.3, 0.4) is 0 Å². The fraction of sp³-hybridized carbons (Fsp3) is 0.250. The molecule has 1 nitrogen and oxygen atoms in total. The zero-order valence-electron chi connectivity index (χ0n) is 6.53. The van der Waals surface area contributed by atoms with Gasteiger partial charge in [-0.1, -0.05) is 11.6 Å². The van der Waals surface area contributed by atoms with Crippen molar-refractivity contribution in [3.05, 3.63) is 34.3 Å². The van der Waals surface area contributed by atoms with Crippen LogP contribution in [0.25, 0.3) is 0 Å². The highest BCUT2D eigenvalue weighted by Gasteiger charge is 2.30. The average molecular weight is 210 g/mol. The first-order chi connectivity index (χ1) is 5.95. The normalized spacial score (nSPS) is 11.8. The van der Waals surface area contributed by atoms with Gasteiger partial charge in [-0.15, -0.1) is 0 Å². The van der Waals surface area contributed by atoms with E-state index in [2.05, 4.69) is 0 Å². The summed E-state index contributed by atoms with van der Waals surface area (Å²) in [7, 11) is 0. The predicted molar refractivity (Wildman–Crippen MR) is 44.3 cm³/mol. The summed E-state index contributed by atoms with van der Waals surface area (Å²) in [6, 6.07) is 3.09. The van der Waals surface area contributed by atoms with Crippen molar-refractivity contribution in [2.45, 2.75) is 12.7 Å². The molecule has 5 heteroatoms. The summed E-state index contributed by atoms with van der Waals surface area (Å²) in [6.07, 6.45) is -4.34. The fourth-order valence-electron chi connectivity index (χ4n) is 0.907. The molecule has 0 fully saturated rings. The Balaban J connectivity index is 3.14. The summed E-state index contributed by atoms with van der Waals surface area (Å²) in [5.41, 5.74) is 4.79. The molecular weight excluding hydrogens is 203 g/mol. The van der Waals surface area contributed by atoms with E-state index >= 15 is 0 Å². The van der Waals surface area contributed by atoms with Crippen molar-refractivity contribution >= 4 is 11.6 Å². The van der Waals surface area contributed by atoms with E-state index in [4.69, 9.17) is 17.3 Å². The molecule has 0 spiro atoms. The first-order valence-electron chi connectivity index (χ1n) is 3.51. The lowest BCUT2D eigenvalue weighted by Gasteiger charge is -2.08. The molecule has 0 heterocycles. The molecule has 1 rings (SSSR count). The van der Waals surface area contributed by atoms with E-state index in [0.29, 0.717) is 5.56 Å². The molecule has 0 saturated heterocycles. The molecule has 72 valence electrons. The molecule has 0 aliphatic heterocycles. The second-order valence-electron chi connectivity index (χ2n) is 2.51. The molecule has 0 bridgehead atoms. The number of hydrogen-bond donors (Lipinski definition) is 1. The third-order valence-electron chi connectivity index (χ3n) is 1.59. The van der Waals surface area contributed by atoms with Crippen LogP contribution in [-0.2, 0) is 12.7 Å². The second-order valence-corrected chi connectivity index (χ2v) is 2.92. The molecular formula is C8H7ClF3N. The lowest BCUT2D eigenvalue weighted by molar-refractivity contribution is -0.137. The van der Waals surface area contributed by atoms with Gasteiger partial charge in [0.25, 0.3) is 0 Å². The molecule has 0 atom stereocenters. The first-order valence-corrected chi connectivity index (χ1v) is 3.88. The highest BCUT2D eigenvalue weighted by Crippen LogP contribution is 2.31. The van der Waals surface area contributed by atoms with Crippen molar-refractivity contribution < 1.29 is 13.2 Å². The quantitative estimate of drug-likeness (QED) is 0.756. The second kappa shape index (κ2) is 3.55. The summed E-state index contributed by atoms with van der Waals surface area (Å²) in [5.74, 6) is 0. The molecule has 1 aromatic rings. The number of hydrogen-bond acceptors (Lipinski definition) is 1. The van der Waals surface area contributed by atoms with Crippen molar-refractivity contribution in [1.82, 2.24) is 0 Å². The Kier molecular flexibility index (Phi) is 2.83. The van der Waals surface area contributed by atoms with E-state index < -0.39 is 11.7 Å². The molecule has 13 heavy (non-hydrogen) atoms. The van der Waals surface area contributed by atoms with Gasteiger partial charge in [-0.3, -0.25) is 0 Å². The Morgan fingerprint density at radius 1 is 1.31 bits per heavy atom. The number of nitrogens with two attached hydrogens (primary N) is 1. The van der Waals surface area contributed by atoms with Crippen molar-refractivity contribution in [2.24, 2.45) is 5.73 Å². The third-order valence-corrected chi connectivity index (χ3v) is 1.96. The van der Waals surface area contributed by atoms with Crippen molar-refractivity contribution in [2.75, 3.05) is 0 Å². The van der Waals surface area contributed by atoms with Gasteiger partial charge in [-0.2, -0.15) is 13.2 Å². The van der Waals surface area contributed by atoms with Crippen LogP contribution in [0.1, 0.15) is 11.1 Å². The van der Waals surface area contributed by atoms with Crippen LogP contribution >= 0.6 is 11.6 Å². The summed E-state index contributed by atoms with van der Waals surface area (Å²) in [4.78, 5) is 0. The van der Waals surface area contributed by atoms with Crippen LogP contribution in [0, 0.1) is 0 Å². The third kappa shape index (κ3) is 2.35. The molecule has 2 N–H and O–H groups in total. The molecule has 0 unspecified atom stereocenters. The van der Waals surface area contributed by atoms with Gasteiger partial charge in [-0.25, -0.2) is 0 Å². The number of rotatable bonds is 1. The zero-order valence-corrected chi connectivity index (χ0v) is 7.28. The van der Waals surface area contributed by atoms with Crippen LogP contribution in [0.4, 0.5) is 13.2 Å². The number of halogens is 4. The van der Waals surface area contributed by atoms with Gasteiger partial charge < -0.3 is 5.73 Å². The van der Waals surface area contributed by atoms with E-state index in [1.807, 2.05) is 0 Å². The van der Waals surface area contributed by atoms with E-state index in [1.54, 1.807) is 0 Å². The zero-order chi connectivity index (χ0) is 10.1. The molecule has 0 aliphatic carbocycles. The summed E-state index contributed by atoms with van der Waals surface area (Å²) in [5, 5.41) is 0.260. The minimum absolute atomic E-state index is 0.00273. The first kappa shape index (κ1) is 10.3. The van der Waals surface area contributed by atoms with Gasteiger partial charge in [0.05, 0.1) is 5.56 Å². The number of alkyl halides is 3. The van der Waals surface area contributed by atoms with Crippen molar-refractivity contribution in [3.8, 4) is 0 Å². The maximum absolute atomic E-state index is 12.2. The predicted octanol–water partition coefficient (Wildman–Crippen LogP) is 2.82. The summed E-state index contributed by atoms with van der Waals surface area (Å²) < 4.78 is 36.5. The van der Waals surface area contributed by atoms with Gasteiger partial charge in [0.1, 0.15) is 0 Å². The molecule has 1 aromatic carbocycles. The van der Waals surface area contributed by atoms with Crippen molar-refractivity contribution in [3.63, 3.8) is 0 Å². The average Bonchev–Trinajstić information content (AvgIpc) is 2.03. The fourth-order valence-corrected chi connectivity index (χ4v) is 1.10. The topological polar surface area (TPSA) is 26.0 Å². The Morgan fingerprint density at radius 2 is 1.92 bits per heavy atom. The van der Waals surface area contributed by atoms with Gasteiger partial charge >= 0.3 is 6.18 Å². The minimum Gasteiger partial charge on any atom is -0.326 e. The van der Waals surface area contributed by atoms with E-state index in [9.17, 15) is 13.2 Å². The Morgan fingerprint density at radius 3 is 2.38 bits per heavy atom. The summed E-state index contributed by atoms with van der Waals surface area (Å²) in [6.45, 7) is 0.00273. The smallest absolute Gasteiger partial charge is 0.326 e. The lowest BCUT2D eigenvalue weighted by Crippen LogP contribution is -2.07. The summed E-state index contributed by atoms with van der Waals surface area (Å²) >= 11 is 5.60. The molecule has 0 amide bonds. The largest absolute Gasteiger partial charge is 0.416 e. The maximum Gasteiger partial charge on any atom is 0.416 e. The molecule has 0 aromatic heterocycles. The van der Waals surface area contributed by atoms with Crippen LogP contribution in [0.2, 0.25) is 5.02 Å². The van der Waals surface area contributed by atoms with Crippen molar-refractivity contribution in [1.29, 1.82) is 0 Å². The van der Waals surface area contributed by atoms with E-state index in [1.165, 1.54) is 6.07 Å². The van der Waals surface area contributed by atoms with E-state index in [-0.39, 0.29) is 11.6 Å². The Hall–Kier alpha value is -0.740. The SMILES string of the molecule is NCc1cc(C(F)(F)F)ccc1Cl. The standard InChI is InChI=1S/C8H7ClF3N/c9-7-2-1-6(8(10,11)12)3-5(7)4-13/h1-3H,4,13H2. The highest BCUT2D eigenvalue weighted by molar-refractivity contribution is 6.31. The van der Waals surface area contributed by atoms with Gasteiger partial charge in [0, 0.05) is 11.6 Å². The van der Waals surface area contributed by atoms with Crippen LogP contribution in [-0.4, -0.2) is 0 Å². The van der Waals surface area contributed by atoms with Gasteiger partial charge in [-0.05, 0) is 23.8 Å². The van der Waals surface area contributed by atoms with E-state index in [0.717, 1.165) is 12.1 Å². The monoisotopic (exact) mass is 209 g/mol. The van der Waals surface area contributed by atoms with Crippen LogP contribution in [0.15, 0.2) is 18.2 Å². The highest BCUT2D eigenvalue weighted by atomic mass is 35.5. The maximum atomic E-state index is 12.2. The lowest BCUT2D eigenvalue weighted by atomic mass is 10.1. The van der Waals surface area contributed by atoms with Gasteiger partial charge in [0.15, 0.2) is 0 Å². The molecule has 0 radical (unpaired) electrons. The number of benzene rings is 1. The van der Waals surface area contributed by atoms with Gasteiger partial charge in [0.2, 0.25) is 0 Å². The van der Waals surface area contributed by atoms with Crippen LogP contribution in [0.5, 0.6) is 0 Å². The minimum atomic E-state index is -4.34. The van der Waals surface area contributed by atoms with Crippen LogP contribution < -0.4 is 5.73 Å².